The third kappa shape index (κ3) is 2.39. The number of aromatic nitrogens is 3. The Kier molecular flexibility index (Phi) is 3.66. The summed E-state index contributed by atoms with van der Waals surface area (Å²) in [4.78, 5) is 5.47. The van der Waals surface area contributed by atoms with Gasteiger partial charge >= 0.3 is 0 Å². The molecule has 0 saturated carbocycles. The topological polar surface area (TPSA) is 48.7 Å². The summed E-state index contributed by atoms with van der Waals surface area (Å²) in [6.07, 6.45) is 1.92. The third-order valence-electron chi connectivity index (χ3n) is 2.82. The molecule has 3 aromatic rings. The summed E-state index contributed by atoms with van der Waals surface area (Å²) >= 11 is 1.53. The number of hydrogen-bond donors (Lipinski definition) is 0. The molecule has 0 bridgehead atoms. The van der Waals surface area contributed by atoms with Crippen LogP contribution in [0, 0.1) is 0 Å². The van der Waals surface area contributed by atoms with Gasteiger partial charge in [-0.25, -0.2) is 9.50 Å². The largest absolute Gasteiger partial charge is 0.493 e. The van der Waals surface area contributed by atoms with E-state index in [1.54, 1.807) is 11.6 Å². The molecule has 2 aromatic heterocycles. The maximum Gasteiger partial charge on any atom is 0.212 e. The average Bonchev–Trinajstić information content (AvgIpc) is 2.98. The molecule has 0 radical (unpaired) electrons. The van der Waals surface area contributed by atoms with Crippen molar-refractivity contribution in [2.24, 2.45) is 0 Å². The van der Waals surface area contributed by atoms with Gasteiger partial charge < -0.3 is 9.47 Å². The van der Waals surface area contributed by atoms with Gasteiger partial charge in [0.15, 0.2) is 0 Å². The molecule has 0 aliphatic rings. The Hall–Kier alpha value is -1.92. The highest BCUT2D eigenvalue weighted by Crippen LogP contribution is 2.30. The molecule has 6 heteroatoms. The quantitative estimate of drug-likeness (QED) is 0.724. The Morgan fingerprint density at radius 2 is 2.15 bits per heavy atom. The number of para-hydroxylation sites is 1. The Morgan fingerprint density at radius 1 is 1.30 bits per heavy atom. The second-order valence-corrected chi connectivity index (χ2v) is 5.25. The van der Waals surface area contributed by atoms with E-state index >= 15 is 0 Å². The number of rotatable bonds is 5. The molecule has 1 aromatic carbocycles. The molecule has 3 rings (SSSR count). The minimum atomic E-state index is 0.513. The Labute approximate surface area is 120 Å². The van der Waals surface area contributed by atoms with Crippen LogP contribution in [0.15, 0.2) is 30.5 Å². The molecule has 0 aliphatic heterocycles. The first-order chi connectivity index (χ1) is 9.81. The number of ether oxygens (including phenoxy) is 2. The van der Waals surface area contributed by atoms with Crippen molar-refractivity contribution in [1.29, 1.82) is 0 Å². The van der Waals surface area contributed by atoms with Crippen molar-refractivity contribution >= 4 is 16.3 Å². The van der Waals surface area contributed by atoms with Gasteiger partial charge in [-0.1, -0.05) is 23.5 Å². The van der Waals surface area contributed by atoms with Gasteiger partial charge in [-0.15, -0.1) is 0 Å². The van der Waals surface area contributed by atoms with Crippen LogP contribution >= 0.6 is 11.3 Å². The highest BCUT2D eigenvalue weighted by atomic mass is 32.1. The first-order valence-electron chi connectivity index (χ1n) is 6.38. The van der Waals surface area contributed by atoms with Crippen LogP contribution in [0.25, 0.3) is 16.2 Å². The van der Waals surface area contributed by atoms with E-state index in [1.165, 1.54) is 11.3 Å². The summed E-state index contributed by atoms with van der Waals surface area (Å²) in [5, 5.41) is 5.35. The molecule has 104 valence electrons. The van der Waals surface area contributed by atoms with Gasteiger partial charge in [-0.05, 0) is 19.1 Å². The number of benzene rings is 1. The molecule has 2 heterocycles. The monoisotopic (exact) mass is 289 g/mol. The predicted molar refractivity (Wildman–Crippen MR) is 78.2 cm³/mol. The van der Waals surface area contributed by atoms with E-state index in [9.17, 15) is 0 Å². The minimum Gasteiger partial charge on any atom is -0.493 e. The summed E-state index contributed by atoms with van der Waals surface area (Å²) in [5.41, 5.74) is 1.86. The molecule has 0 atom stereocenters. The van der Waals surface area contributed by atoms with Crippen molar-refractivity contribution in [1.82, 2.24) is 14.6 Å². The van der Waals surface area contributed by atoms with Crippen LogP contribution in [-0.4, -0.2) is 28.3 Å². The minimum absolute atomic E-state index is 0.513. The van der Waals surface area contributed by atoms with E-state index in [1.807, 2.05) is 37.4 Å². The molecule has 0 N–H and O–H groups in total. The van der Waals surface area contributed by atoms with E-state index in [-0.39, 0.29) is 0 Å². The van der Waals surface area contributed by atoms with E-state index in [4.69, 9.17) is 9.47 Å². The molecule has 0 spiro atoms. The molecule has 0 saturated heterocycles. The predicted octanol–water partition coefficient (Wildman–Crippen LogP) is 3.00. The molecule has 0 fully saturated rings. The number of methoxy groups -OCH3 is 1. The third-order valence-corrected chi connectivity index (χ3v) is 3.71. The normalized spacial score (nSPS) is 11.1. The van der Waals surface area contributed by atoms with E-state index < -0.39 is 0 Å². The second kappa shape index (κ2) is 5.60. The maximum atomic E-state index is 5.64. The van der Waals surface area contributed by atoms with E-state index in [0.717, 1.165) is 27.0 Å². The van der Waals surface area contributed by atoms with Gasteiger partial charge in [0.25, 0.3) is 0 Å². The van der Waals surface area contributed by atoms with Crippen LogP contribution in [0.5, 0.6) is 5.75 Å². The molecular weight excluding hydrogens is 274 g/mol. The smallest absolute Gasteiger partial charge is 0.212 e. The maximum absolute atomic E-state index is 5.64. The van der Waals surface area contributed by atoms with Gasteiger partial charge in [0.2, 0.25) is 4.96 Å². The first-order valence-corrected chi connectivity index (χ1v) is 7.19. The van der Waals surface area contributed by atoms with Crippen LogP contribution in [0.1, 0.15) is 11.9 Å². The zero-order chi connectivity index (χ0) is 13.9. The van der Waals surface area contributed by atoms with Crippen molar-refractivity contribution in [3.05, 3.63) is 35.5 Å². The lowest BCUT2D eigenvalue weighted by atomic mass is 10.1. The van der Waals surface area contributed by atoms with Crippen LogP contribution < -0.4 is 4.74 Å². The van der Waals surface area contributed by atoms with Crippen molar-refractivity contribution in [3.8, 4) is 17.0 Å². The van der Waals surface area contributed by atoms with Crippen molar-refractivity contribution in [2.75, 3.05) is 13.7 Å². The summed E-state index contributed by atoms with van der Waals surface area (Å²) in [5.74, 6) is 0.845. The number of fused-ring (bicyclic) bond motifs is 1. The van der Waals surface area contributed by atoms with E-state index in [2.05, 4.69) is 10.1 Å². The van der Waals surface area contributed by atoms with Crippen molar-refractivity contribution in [2.45, 2.75) is 13.5 Å². The zero-order valence-electron chi connectivity index (χ0n) is 11.4. The summed E-state index contributed by atoms with van der Waals surface area (Å²) in [6, 6.07) is 7.90. The standard InChI is InChI=1S/C14H15N3O2S/c1-3-19-12-7-5-4-6-10(12)11-8-17-14(15-11)20-13(16-17)9-18-2/h4-8H,3,9H2,1-2H3. The number of hydrogen-bond acceptors (Lipinski definition) is 5. The van der Waals surface area contributed by atoms with Crippen LogP contribution in [0.2, 0.25) is 0 Å². The zero-order valence-corrected chi connectivity index (χ0v) is 12.2. The average molecular weight is 289 g/mol. The van der Waals surface area contributed by atoms with Crippen molar-refractivity contribution in [3.63, 3.8) is 0 Å². The Bertz CT molecular complexity index is 689. The van der Waals surface area contributed by atoms with E-state index in [0.29, 0.717) is 13.2 Å². The van der Waals surface area contributed by atoms with Gasteiger partial charge in [-0.2, -0.15) is 5.10 Å². The lowest BCUT2D eigenvalue weighted by Gasteiger charge is -2.07. The van der Waals surface area contributed by atoms with Gasteiger partial charge in [-0.3, -0.25) is 0 Å². The fourth-order valence-corrected chi connectivity index (χ4v) is 2.86. The van der Waals surface area contributed by atoms with Gasteiger partial charge in [0.05, 0.1) is 25.1 Å². The summed E-state index contributed by atoms with van der Waals surface area (Å²) in [7, 11) is 1.66. The summed E-state index contributed by atoms with van der Waals surface area (Å²) in [6.45, 7) is 3.12. The van der Waals surface area contributed by atoms with Gasteiger partial charge in [0, 0.05) is 12.7 Å². The van der Waals surface area contributed by atoms with Crippen LogP contribution in [-0.2, 0) is 11.3 Å². The Morgan fingerprint density at radius 3 is 2.90 bits per heavy atom. The molecular formula is C14H15N3O2S. The highest BCUT2D eigenvalue weighted by molar-refractivity contribution is 7.16. The lowest BCUT2D eigenvalue weighted by Crippen LogP contribution is -1.94. The van der Waals surface area contributed by atoms with Crippen molar-refractivity contribution < 1.29 is 9.47 Å². The highest BCUT2D eigenvalue weighted by Gasteiger charge is 2.12. The molecule has 20 heavy (non-hydrogen) atoms. The summed E-state index contributed by atoms with van der Waals surface area (Å²) < 4.78 is 12.5. The Balaban J connectivity index is 2.00. The van der Waals surface area contributed by atoms with Crippen LogP contribution in [0.4, 0.5) is 0 Å². The molecule has 0 amide bonds. The second-order valence-electron chi connectivity index (χ2n) is 4.21. The molecule has 0 aliphatic carbocycles. The van der Waals surface area contributed by atoms with Gasteiger partial charge in [0.1, 0.15) is 10.8 Å². The number of imidazole rings is 1. The number of nitrogens with zero attached hydrogens (tertiary/aromatic N) is 3. The first kappa shape index (κ1) is 13.1. The lowest BCUT2D eigenvalue weighted by molar-refractivity contribution is 0.183. The SMILES string of the molecule is CCOc1ccccc1-c1cn2nc(COC)sc2n1. The molecule has 5 nitrogen and oxygen atoms in total. The van der Waals surface area contributed by atoms with Crippen LogP contribution in [0.3, 0.4) is 0 Å². The molecule has 0 unspecified atom stereocenters. The fourth-order valence-electron chi connectivity index (χ4n) is 2.01. The fraction of sp³-hybridized carbons (Fsp3) is 0.286.